The van der Waals surface area contributed by atoms with Crippen molar-refractivity contribution in [3.05, 3.63) is 45.6 Å². The second-order valence-electron chi connectivity index (χ2n) is 5.22. The number of hydrogen-bond donors (Lipinski definition) is 3. The largest absolute Gasteiger partial charge is 0.481 e. The van der Waals surface area contributed by atoms with E-state index in [1.165, 1.54) is 18.2 Å². The second kappa shape index (κ2) is 7.61. The molecular formula is C14H14Cl2N2O6S. The molecule has 0 aliphatic carbocycles. The van der Waals surface area contributed by atoms with E-state index in [0.717, 1.165) is 10.5 Å². The smallest absolute Gasteiger partial charge is 0.335 e. The standard InChI is InChI=1S/C14H14Cl2N2O6S/c15-8-3-4-9(11(16)6-8)13-10(14(21)22)7-18(25(23,24)17-13)5-1-2-12(19)20/h3-4,6-7,13,17H,1-2,5H2,(H,19,20)(H,21,22). The highest BCUT2D eigenvalue weighted by Gasteiger charge is 2.36. The van der Waals surface area contributed by atoms with Gasteiger partial charge >= 0.3 is 22.1 Å². The molecule has 0 spiro atoms. The Labute approximate surface area is 153 Å². The molecule has 8 nitrogen and oxygen atoms in total. The maximum Gasteiger partial charge on any atom is 0.335 e. The van der Waals surface area contributed by atoms with Crippen molar-refractivity contribution in [2.75, 3.05) is 6.54 Å². The Bertz CT molecular complexity index is 840. The summed E-state index contributed by atoms with van der Waals surface area (Å²) >= 11 is 11.9. The quantitative estimate of drug-likeness (QED) is 0.661. The second-order valence-corrected chi connectivity index (χ2v) is 7.72. The minimum Gasteiger partial charge on any atom is -0.481 e. The van der Waals surface area contributed by atoms with Crippen molar-refractivity contribution < 1.29 is 28.2 Å². The van der Waals surface area contributed by atoms with Crippen LogP contribution in [-0.4, -0.2) is 41.4 Å². The Morgan fingerprint density at radius 1 is 1.24 bits per heavy atom. The zero-order valence-electron chi connectivity index (χ0n) is 12.6. The first-order valence-electron chi connectivity index (χ1n) is 7.02. The Hall–Kier alpha value is -1.81. The first-order valence-corrected chi connectivity index (χ1v) is 9.22. The first-order chi connectivity index (χ1) is 11.6. The lowest BCUT2D eigenvalue weighted by Gasteiger charge is -2.31. The van der Waals surface area contributed by atoms with E-state index in [4.69, 9.17) is 28.3 Å². The third-order valence-corrected chi connectivity index (χ3v) is 5.46. The zero-order valence-corrected chi connectivity index (χ0v) is 15.0. The molecule has 1 aromatic rings. The third kappa shape index (κ3) is 4.63. The van der Waals surface area contributed by atoms with Crippen molar-refractivity contribution in [1.29, 1.82) is 0 Å². The molecule has 25 heavy (non-hydrogen) atoms. The maximum absolute atomic E-state index is 12.3. The molecule has 0 radical (unpaired) electrons. The van der Waals surface area contributed by atoms with E-state index >= 15 is 0 Å². The Balaban J connectivity index is 2.40. The summed E-state index contributed by atoms with van der Waals surface area (Å²) in [5.74, 6) is -2.41. The van der Waals surface area contributed by atoms with Crippen LogP contribution in [0.4, 0.5) is 0 Å². The van der Waals surface area contributed by atoms with Crippen LogP contribution in [-0.2, 0) is 19.8 Å². The monoisotopic (exact) mass is 408 g/mol. The van der Waals surface area contributed by atoms with Crippen molar-refractivity contribution in [2.45, 2.75) is 18.9 Å². The number of benzene rings is 1. The van der Waals surface area contributed by atoms with Gasteiger partial charge in [0.25, 0.3) is 0 Å². The molecule has 0 saturated heterocycles. The minimum absolute atomic E-state index is 0.0337. The van der Waals surface area contributed by atoms with Gasteiger partial charge in [0.2, 0.25) is 0 Å². The first kappa shape index (κ1) is 19.5. The van der Waals surface area contributed by atoms with Crippen molar-refractivity contribution >= 4 is 45.3 Å². The van der Waals surface area contributed by atoms with Gasteiger partial charge in [-0.15, -0.1) is 0 Å². The summed E-state index contributed by atoms with van der Waals surface area (Å²) in [7, 11) is -4.05. The molecule has 1 aliphatic rings. The summed E-state index contributed by atoms with van der Waals surface area (Å²) in [5.41, 5.74) is 0.00264. The fourth-order valence-corrected chi connectivity index (χ4v) is 4.12. The van der Waals surface area contributed by atoms with Crippen molar-refractivity contribution in [3.8, 4) is 0 Å². The molecule has 0 bridgehead atoms. The molecule has 0 amide bonds. The van der Waals surface area contributed by atoms with Crippen molar-refractivity contribution in [1.82, 2.24) is 9.03 Å². The summed E-state index contributed by atoms with van der Waals surface area (Å²) < 4.78 is 27.7. The summed E-state index contributed by atoms with van der Waals surface area (Å²) in [5, 5.41) is 18.5. The molecule has 0 aromatic heterocycles. The van der Waals surface area contributed by atoms with Crippen LogP contribution in [0.1, 0.15) is 24.4 Å². The summed E-state index contributed by atoms with van der Waals surface area (Å²) in [6, 6.07) is 3.10. The number of carbonyl (C=O) groups is 2. The molecule has 1 aliphatic heterocycles. The fraction of sp³-hybridized carbons (Fsp3) is 0.286. The van der Waals surface area contributed by atoms with Gasteiger partial charge in [0.1, 0.15) is 0 Å². The van der Waals surface area contributed by atoms with Crippen LogP contribution in [0.15, 0.2) is 30.0 Å². The van der Waals surface area contributed by atoms with E-state index in [1.54, 1.807) is 0 Å². The molecule has 0 saturated carbocycles. The molecule has 1 atom stereocenters. The minimum atomic E-state index is -4.05. The number of nitrogens with one attached hydrogen (secondary N) is 1. The Morgan fingerprint density at radius 2 is 1.92 bits per heavy atom. The van der Waals surface area contributed by atoms with Gasteiger partial charge in [-0.25, -0.2) is 4.79 Å². The predicted molar refractivity (Wildman–Crippen MR) is 90.6 cm³/mol. The lowest BCUT2D eigenvalue weighted by molar-refractivity contribution is -0.137. The molecule has 2 rings (SSSR count). The number of rotatable bonds is 6. The van der Waals surface area contributed by atoms with Gasteiger partial charge < -0.3 is 10.2 Å². The maximum atomic E-state index is 12.3. The van der Waals surface area contributed by atoms with E-state index in [-0.39, 0.29) is 35.5 Å². The van der Waals surface area contributed by atoms with Crippen molar-refractivity contribution in [3.63, 3.8) is 0 Å². The number of carboxylic acids is 2. The van der Waals surface area contributed by atoms with Crippen molar-refractivity contribution in [2.24, 2.45) is 0 Å². The van der Waals surface area contributed by atoms with Crippen LogP contribution >= 0.6 is 23.2 Å². The van der Waals surface area contributed by atoms with Gasteiger partial charge in [0, 0.05) is 29.2 Å². The van der Waals surface area contributed by atoms with Gasteiger partial charge in [-0.05, 0) is 24.1 Å². The van der Waals surface area contributed by atoms with Gasteiger partial charge in [-0.3, -0.25) is 9.10 Å². The lowest BCUT2D eigenvalue weighted by Crippen LogP contribution is -2.46. The Kier molecular flexibility index (Phi) is 5.94. The number of hydrogen-bond acceptors (Lipinski definition) is 4. The number of nitrogens with zero attached hydrogens (tertiary/aromatic N) is 1. The topological polar surface area (TPSA) is 124 Å². The van der Waals surface area contributed by atoms with E-state index in [1.807, 2.05) is 0 Å². The zero-order chi connectivity index (χ0) is 18.8. The summed E-state index contributed by atoms with van der Waals surface area (Å²) in [6.45, 7) is -0.167. The van der Waals surface area contributed by atoms with Gasteiger partial charge in [-0.1, -0.05) is 29.3 Å². The number of carboxylic acid groups (broad SMARTS) is 2. The number of aliphatic carboxylic acids is 2. The SMILES string of the molecule is O=C(O)CCCN1C=C(C(=O)O)C(c2ccc(Cl)cc2Cl)NS1(=O)=O. The van der Waals surface area contributed by atoms with Crippen LogP contribution < -0.4 is 4.72 Å². The highest BCUT2D eigenvalue weighted by atomic mass is 35.5. The highest BCUT2D eigenvalue weighted by molar-refractivity contribution is 7.87. The van der Waals surface area contributed by atoms with E-state index in [0.29, 0.717) is 5.02 Å². The fourth-order valence-electron chi connectivity index (χ4n) is 2.30. The Morgan fingerprint density at radius 3 is 2.48 bits per heavy atom. The lowest BCUT2D eigenvalue weighted by atomic mass is 10.00. The highest BCUT2D eigenvalue weighted by Crippen LogP contribution is 2.34. The van der Waals surface area contributed by atoms with Gasteiger partial charge in [0.05, 0.1) is 11.6 Å². The molecule has 1 aromatic carbocycles. The number of halogens is 2. The average molecular weight is 409 g/mol. The normalized spacial score (nSPS) is 19.4. The molecule has 3 N–H and O–H groups in total. The molecular weight excluding hydrogens is 395 g/mol. The third-order valence-electron chi connectivity index (χ3n) is 3.46. The summed E-state index contributed by atoms with van der Waals surface area (Å²) in [6.07, 6.45) is 0.770. The summed E-state index contributed by atoms with van der Waals surface area (Å²) in [4.78, 5) is 22.1. The van der Waals surface area contributed by atoms with E-state index < -0.39 is 28.2 Å². The molecule has 1 unspecified atom stereocenters. The van der Waals surface area contributed by atoms with Crippen LogP contribution in [0.5, 0.6) is 0 Å². The van der Waals surface area contributed by atoms with Gasteiger partial charge in [-0.2, -0.15) is 13.1 Å². The van der Waals surface area contributed by atoms with Gasteiger partial charge in [0.15, 0.2) is 0 Å². The van der Waals surface area contributed by atoms with Crippen LogP contribution in [0.25, 0.3) is 0 Å². The molecule has 1 heterocycles. The van der Waals surface area contributed by atoms with Crippen LogP contribution in [0.3, 0.4) is 0 Å². The van der Waals surface area contributed by atoms with E-state index in [2.05, 4.69) is 4.72 Å². The van der Waals surface area contributed by atoms with Crippen LogP contribution in [0, 0.1) is 0 Å². The predicted octanol–water partition coefficient (Wildman–Crippen LogP) is 2.02. The van der Waals surface area contributed by atoms with Crippen LogP contribution in [0.2, 0.25) is 10.0 Å². The molecule has 11 heteroatoms. The average Bonchev–Trinajstić information content (AvgIpc) is 2.47. The molecule has 136 valence electrons. The van der Waals surface area contributed by atoms with E-state index in [9.17, 15) is 23.1 Å². The molecule has 0 fully saturated rings.